The lowest BCUT2D eigenvalue weighted by Gasteiger charge is -2.26. The van der Waals surface area contributed by atoms with Crippen molar-refractivity contribution in [3.05, 3.63) is 48.3 Å². The Hall–Kier alpha value is -2.90. The zero-order valence-corrected chi connectivity index (χ0v) is 20.9. The highest BCUT2D eigenvalue weighted by Gasteiger charge is 2.42. The Morgan fingerprint density at radius 3 is 2.60 bits per heavy atom. The van der Waals surface area contributed by atoms with Gasteiger partial charge in [0.05, 0.1) is 24.9 Å². The average Bonchev–Trinajstić information content (AvgIpc) is 3.46. The highest BCUT2D eigenvalue weighted by Crippen LogP contribution is 2.43. The predicted molar refractivity (Wildman–Crippen MR) is 139 cm³/mol. The second-order valence-corrected chi connectivity index (χ2v) is 10.0. The van der Waals surface area contributed by atoms with Gasteiger partial charge in [-0.1, -0.05) is 0 Å². The highest BCUT2D eigenvalue weighted by molar-refractivity contribution is 5.95. The van der Waals surface area contributed by atoms with E-state index in [2.05, 4.69) is 28.2 Å². The summed E-state index contributed by atoms with van der Waals surface area (Å²) in [4.78, 5) is 9.77. The minimum atomic E-state index is -0.356. The molecule has 6 nitrogen and oxygen atoms in total. The molecule has 0 saturated carbocycles. The van der Waals surface area contributed by atoms with Crippen LogP contribution in [-0.4, -0.2) is 70.4 Å². The normalized spacial score (nSPS) is 20.3. The summed E-state index contributed by atoms with van der Waals surface area (Å²) >= 11 is 0. The maximum Gasteiger partial charge on any atom is 0.165 e. The van der Waals surface area contributed by atoms with Gasteiger partial charge in [0.1, 0.15) is 5.75 Å². The molecule has 0 aliphatic carbocycles. The number of benzene rings is 2. The standard InChI is InChI=1S/C28H35FN4O2/c1-30-11-4-14-35-21-7-5-20(6-8-21)24-16-26(22-15-23(29)27(34-3)17-25(22)31-24)33-13-10-28(19-33)9-12-32(2)18-28/h5-8,15-17,30H,4,9-14,18-19H2,1-3H3. The fourth-order valence-corrected chi connectivity index (χ4v) is 5.57. The largest absolute Gasteiger partial charge is 0.494 e. The third kappa shape index (κ3) is 4.93. The number of likely N-dealkylation sites (tertiary alicyclic amines) is 1. The molecular formula is C28H35FN4O2. The molecule has 1 N–H and O–H groups in total. The van der Waals surface area contributed by atoms with E-state index < -0.39 is 0 Å². The number of hydrogen-bond donors (Lipinski definition) is 1. The highest BCUT2D eigenvalue weighted by atomic mass is 19.1. The molecule has 2 aliphatic rings. The van der Waals surface area contributed by atoms with E-state index in [9.17, 15) is 4.39 Å². The summed E-state index contributed by atoms with van der Waals surface area (Å²) in [6.45, 7) is 5.83. The molecule has 1 atom stereocenters. The molecule has 1 unspecified atom stereocenters. The SMILES string of the molecule is CNCCCOc1ccc(-c2cc(N3CCC4(CCN(C)C4)C3)c3cc(F)c(OC)cc3n2)cc1. The van der Waals surface area contributed by atoms with Crippen molar-refractivity contribution in [3.63, 3.8) is 0 Å². The second kappa shape index (κ2) is 9.99. The molecule has 1 aromatic heterocycles. The lowest BCUT2D eigenvalue weighted by Crippen LogP contribution is -2.29. The molecule has 35 heavy (non-hydrogen) atoms. The number of anilines is 1. The fourth-order valence-electron chi connectivity index (χ4n) is 5.57. The summed E-state index contributed by atoms with van der Waals surface area (Å²) in [5.41, 5.74) is 3.99. The smallest absolute Gasteiger partial charge is 0.165 e. The molecule has 2 aliphatic heterocycles. The van der Waals surface area contributed by atoms with Crippen molar-refractivity contribution < 1.29 is 13.9 Å². The number of nitrogens with one attached hydrogen (secondary N) is 1. The summed E-state index contributed by atoms with van der Waals surface area (Å²) in [5.74, 6) is 0.709. The Morgan fingerprint density at radius 2 is 1.89 bits per heavy atom. The van der Waals surface area contributed by atoms with Crippen LogP contribution in [0.1, 0.15) is 19.3 Å². The van der Waals surface area contributed by atoms with Crippen LogP contribution in [0.2, 0.25) is 0 Å². The Bertz CT molecular complexity index is 1190. The number of hydrogen-bond acceptors (Lipinski definition) is 6. The summed E-state index contributed by atoms with van der Waals surface area (Å²) in [5, 5.41) is 3.96. The van der Waals surface area contributed by atoms with Crippen LogP contribution in [0.4, 0.5) is 10.1 Å². The number of fused-ring (bicyclic) bond motifs is 1. The van der Waals surface area contributed by atoms with Crippen LogP contribution in [0.5, 0.6) is 11.5 Å². The van der Waals surface area contributed by atoms with Gasteiger partial charge in [-0.2, -0.15) is 0 Å². The van der Waals surface area contributed by atoms with Gasteiger partial charge in [-0.3, -0.25) is 0 Å². The van der Waals surface area contributed by atoms with E-state index in [0.29, 0.717) is 12.0 Å². The molecular weight excluding hydrogens is 443 g/mol. The van der Waals surface area contributed by atoms with Gasteiger partial charge in [0.15, 0.2) is 11.6 Å². The summed E-state index contributed by atoms with van der Waals surface area (Å²) in [6, 6.07) is 13.5. The average molecular weight is 479 g/mol. The van der Waals surface area contributed by atoms with Gasteiger partial charge >= 0.3 is 0 Å². The van der Waals surface area contributed by atoms with Crippen molar-refractivity contribution in [1.29, 1.82) is 0 Å². The molecule has 7 heteroatoms. The third-order valence-electron chi connectivity index (χ3n) is 7.46. The maximum atomic E-state index is 14.8. The fraction of sp³-hybridized carbons (Fsp3) is 0.464. The summed E-state index contributed by atoms with van der Waals surface area (Å²) < 4.78 is 25.9. The first kappa shape index (κ1) is 23.8. The number of aromatic nitrogens is 1. The van der Waals surface area contributed by atoms with E-state index in [0.717, 1.165) is 79.2 Å². The number of pyridine rings is 1. The molecule has 1 spiro atoms. The van der Waals surface area contributed by atoms with E-state index in [4.69, 9.17) is 14.5 Å². The van der Waals surface area contributed by atoms with Crippen LogP contribution in [0.15, 0.2) is 42.5 Å². The number of rotatable bonds is 8. The van der Waals surface area contributed by atoms with Crippen molar-refractivity contribution in [2.24, 2.45) is 5.41 Å². The monoisotopic (exact) mass is 478 g/mol. The molecule has 2 saturated heterocycles. The van der Waals surface area contributed by atoms with Crippen molar-refractivity contribution in [2.45, 2.75) is 19.3 Å². The van der Waals surface area contributed by atoms with Crippen LogP contribution < -0.4 is 19.7 Å². The van der Waals surface area contributed by atoms with E-state index in [1.54, 1.807) is 12.1 Å². The molecule has 3 aromatic rings. The van der Waals surface area contributed by atoms with Crippen molar-refractivity contribution in [2.75, 3.05) is 65.4 Å². The molecule has 2 aromatic carbocycles. The van der Waals surface area contributed by atoms with Crippen LogP contribution in [0.25, 0.3) is 22.2 Å². The van der Waals surface area contributed by atoms with E-state index in [-0.39, 0.29) is 11.6 Å². The molecule has 0 radical (unpaired) electrons. The topological polar surface area (TPSA) is 49.9 Å². The molecule has 186 valence electrons. The molecule has 5 rings (SSSR count). The van der Waals surface area contributed by atoms with Crippen molar-refractivity contribution >= 4 is 16.6 Å². The van der Waals surface area contributed by atoms with Gasteiger partial charge in [0, 0.05) is 47.8 Å². The zero-order valence-electron chi connectivity index (χ0n) is 20.9. The zero-order chi connectivity index (χ0) is 24.4. The Labute approximate surface area is 207 Å². The van der Waals surface area contributed by atoms with E-state index in [1.165, 1.54) is 13.5 Å². The number of methoxy groups -OCH3 is 1. The Kier molecular flexibility index (Phi) is 6.80. The van der Waals surface area contributed by atoms with Crippen LogP contribution in [0.3, 0.4) is 0 Å². The number of nitrogens with zero attached hydrogens (tertiary/aromatic N) is 3. The van der Waals surface area contributed by atoms with Gasteiger partial charge < -0.3 is 24.6 Å². The Morgan fingerprint density at radius 1 is 1.09 bits per heavy atom. The lowest BCUT2D eigenvalue weighted by molar-refractivity contribution is 0.310. The minimum Gasteiger partial charge on any atom is -0.494 e. The quantitative estimate of drug-likeness (QED) is 0.479. The van der Waals surface area contributed by atoms with Crippen LogP contribution in [0, 0.1) is 11.2 Å². The van der Waals surface area contributed by atoms with Crippen LogP contribution >= 0.6 is 0 Å². The van der Waals surface area contributed by atoms with Gasteiger partial charge in [0.2, 0.25) is 0 Å². The first-order valence-electron chi connectivity index (χ1n) is 12.5. The van der Waals surface area contributed by atoms with E-state index >= 15 is 0 Å². The van der Waals surface area contributed by atoms with Crippen molar-refractivity contribution in [1.82, 2.24) is 15.2 Å². The molecule has 0 amide bonds. The first-order chi connectivity index (χ1) is 17.0. The number of ether oxygens (including phenoxy) is 2. The van der Waals surface area contributed by atoms with Gasteiger partial charge in [0.25, 0.3) is 0 Å². The first-order valence-corrected chi connectivity index (χ1v) is 12.5. The van der Waals surface area contributed by atoms with Gasteiger partial charge in [-0.05, 0) is 82.8 Å². The van der Waals surface area contributed by atoms with E-state index in [1.807, 2.05) is 31.3 Å². The molecule has 0 bridgehead atoms. The summed E-state index contributed by atoms with van der Waals surface area (Å²) in [6.07, 6.45) is 3.34. The maximum absolute atomic E-state index is 14.8. The van der Waals surface area contributed by atoms with Crippen molar-refractivity contribution in [3.8, 4) is 22.8 Å². The predicted octanol–water partition coefficient (Wildman–Crippen LogP) is 4.57. The molecule has 3 heterocycles. The van der Waals surface area contributed by atoms with Gasteiger partial charge in [-0.25, -0.2) is 9.37 Å². The molecule has 2 fully saturated rings. The third-order valence-corrected chi connectivity index (χ3v) is 7.46. The number of halogens is 1. The van der Waals surface area contributed by atoms with Gasteiger partial charge in [-0.15, -0.1) is 0 Å². The minimum absolute atomic E-state index is 0.216. The lowest BCUT2D eigenvalue weighted by atomic mass is 9.86. The van der Waals surface area contributed by atoms with Crippen LogP contribution in [-0.2, 0) is 0 Å². The summed E-state index contributed by atoms with van der Waals surface area (Å²) in [7, 11) is 5.63. The second-order valence-electron chi connectivity index (χ2n) is 10.0. The Balaban J connectivity index is 1.49.